The maximum Gasteiger partial charge on any atom is 0.220 e. The number of nitrogens with one attached hydrogen (secondary N) is 1. The molecule has 0 unspecified atom stereocenters. The lowest BCUT2D eigenvalue weighted by Crippen LogP contribution is -2.25. The third-order valence-electron chi connectivity index (χ3n) is 2.69. The summed E-state index contributed by atoms with van der Waals surface area (Å²) in [6, 6.07) is 4.19. The van der Waals surface area contributed by atoms with Crippen molar-refractivity contribution in [3.05, 3.63) is 22.4 Å². The van der Waals surface area contributed by atoms with Crippen molar-refractivity contribution in [1.29, 1.82) is 0 Å². The van der Waals surface area contributed by atoms with E-state index < -0.39 is 0 Å². The van der Waals surface area contributed by atoms with Gasteiger partial charge in [0.05, 0.1) is 0 Å². The molecule has 0 aromatic carbocycles. The Labute approximate surface area is 94.7 Å². The SMILES string of the molecule is O=C(CCCc1cccs1)NCC1CC1. The normalized spacial score (nSPS) is 15.2. The van der Waals surface area contributed by atoms with Crippen molar-refractivity contribution >= 4 is 17.2 Å². The Hall–Kier alpha value is -0.830. The van der Waals surface area contributed by atoms with E-state index in [2.05, 4.69) is 22.8 Å². The summed E-state index contributed by atoms with van der Waals surface area (Å²) in [4.78, 5) is 12.8. The smallest absolute Gasteiger partial charge is 0.220 e. The van der Waals surface area contributed by atoms with E-state index in [-0.39, 0.29) is 5.91 Å². The second kappa shape index (κ2) is 5.31. The Morgan fingerprint density at radius 2 is 2.40 bits per heavy atom. The predicted octanol–water partition coefficient (Wildman–Crippen LogP) is 2.60. The second-order valence-electron chi connectivity index (χ2n) is 4.18. The maximum absolute atomic E-state index is 11.4. The van der Waals surface area contributed by atoms with E-state index in [1.807, 2.05) is 0 Å². The molecule has 2 rings (SSSR count). The molecule has 3 heteroatoms. The molecule has 1 amide bonds. The van der Waals surface area contributed by atoms with Crippen molar-refractivity contribution in [1.82, 2.24) is 5.32 Å². The van der Waals surface area contributed by atoms with Gasteiger partial charge in [0.1, 0.15) is 0 Å². The molecule has 0 aliphatic heterocycles. The molecule has 0 radical (unpaired) electrons. The fourth-order valence-corrected chi connectivity index (χ4v) is 2.30. The highest BCUT2D eigenvalue weighted by Crippen LogP contribution is 2.27. The van der Waals surface area contributed by atoms with Gasteiger partial charge in [-0.05, 0) is 43.0 Å². The van der Waals surface area contributed by atoms with Crippen LogP contribution in [0.1, 0.15) is 30.6 Å². The molecule has 15 heavy (non-hydrogen) atoms. The van der Waals surface area contributed by atoms with Crippen molar-refractivity contribution in [2.24, 2.45) is 5.92 Å². The molecule has 1 aromatic heterocycles. The Morgan fingerprint density at radius 3 is 3.07 bits per heavy atom. The number of hydrogen-bond acceptors (Lipinski definition) is 2. The molecule has 0 bridgehead atoms. The largest absolute Gasteiger partial charge is 0.356 e. The van der Waals surface area contributed by atoms with Crippen LogP contribution in [0.4, 0.5) is 0 Å². The first-order chi connectivity index (χ1) is 7.34. The van der Waals surface area contributed by atoms with Crippen molar-refractivity contribution in [3.8, 4) is 0 Å². The van der Waals surface area contributed by atoms with Gasteiger partial charge in [0.15, 0.2) is 0 Å². The van der Waals surface area contributed by atoms with Gasteiger partial charge in [-0.25, -0.2) is 0 Å². The summed E-state index contributed by atoms with van der Waals surface area (Å²) in [7, 11) is 0. The number of hydrogen-bond donors (Lipinski definition) is 1. The first-order valence-electron chi connectivity index (χ1n) is 5.63. The van der Waals surface area contributed by atoms with Crippen LogP contribution in [0.2, 0.25) is 0 Å². The summed E-state index contributed by atoms with van der Waals surface area (Å²) in [6.07, 6.45) is 5.28. The second-order valence-corrected chi connectivity index (χ2v) is 5.21. The highest BCUT2D eigenvalue weighted by molar-refractivity contribution is 7.09. The molecule has 0 atom stereocenters. The van der Waals surface area contributed by atoms with Crippen molar-refractivity contribution in [2.75, 3.05) is 6.54 Å². The highest BCUT2D eigenvalue weighted by atomic mass is 32.1. The Balaban J connectivity index is 1.54. The third kappa shape index (κ3) is 4.04. The molecule has 1 fully saturated rings. The van der Waals surface area contributed by atoms with E-state index in [9.17, 15) is 4.79 Å². The number of carbonyl (C=O) groups is 1. The zero-order valence-corrected chi connectivity index (χ0v) is 9.69. The first kappa shape index (κ1) is 10.7. The van der Waals surface area contributed by atoms with Crippen LogP contribution in [-0.4, -0.2) is 12.5 Å². The van der Waals surface area contributed by atoms with Gasteiger partial charge in [-0.15, -0.1) is 11.3 Å². The minimum atomic E-state index is 0.221. The Morgan fingerprint density at radius 1 is 1.53 bits per heavy atom. The number of carbonyl (C=O) groups excluding carboxylic acids is 1. The number of thiophene rings is 1. The van der Waals surface area contributed by atoms with Crippen LogP contribution >= 0.6 is 11.3 Å². The minimum Gasteiger partial charge on any atom is -0.356 e. The molecule has 1 N–H and O–H groups in total. The van der Waals surface area contributed by atoms with Crippen LogP contribution < -0.4 is 5.32 Å². The van der Waals surface area contributed by atoms with Crippen LogP contribution in [0.5, 0.6) is 0 Å². The van der Waals surface area contributed by atoms with Crippen molar-refractivity contribution in [3.63, 3.8) is 0 Å². The van der Waals surface area contributed by atoms with E-state index in [1.165, 1.54) is 17.7 Å². The van der Waals surface area contributed by atoms with Crippen LogP contribution in [0.25, 0.3) is 0 Å². The van der Waals surface area contributed by atoms with Crippen LogP contribution in [-0.2, 0) is 11.2 Å². The molecular weight excluding hydrogens is 206 g/mol. The fraction of sp³-hybridized carbons (Fsp3) is 0.583. The molecule has 1 heterocycles. The summed E-state index contributed by atoms with van der Waals surface area (Å²) in [6.45, 7) is 0.901. The summed E-state index contributed by atoms with van der Waals surface area (Å²) in [5, 5.41) is 5.07. The van der Waals surface area contributed by atoms with Crippen LogP contribution in [0, 0.1) is 5.92 Å². The topological polar surface area (TPSA) is 29.1 Å². The molecule has 0 saturated heterocycles. The molecule has 1 aromatic rings. The highest BCUT2D eigenvalue weighted by Gasteiger charge is 2.21. The molecule has 1 saturated carbocycles. The van der Waals surface area contributed by atoms with Gasteiger partial charge in [-0.3, -0.25) is 4.79 Å². The summed E-state index contributed by atoms with van der Waals surface area (Å²) >= 11 is 1.77. The fourth-order valence-electron chi connectivity index (χ4n) is 1.55. The molecule has 1 aliphatic rings. The predicted molar refractivity (Wildman–Crippen MR) is 63.0 cm³/mol. The molecule has 82 valence electrons. The quantitative estimate of drug-likeness (QED) is 0.789. The van der Waals surface area contributed by atoms with E-state index in [0.717, 1.165) is 25.3 Å². The van der Waals surface area contributed by atoms with E-state index >= 15 is 0 Å². The van der Waals surface area contributed by atoms with Gasteiger partial charge < -0.3 is 5.32 Å². The minimum absolute atomic E-state index is 0.221. The summed E-state index contributed by atoms with van der Waals surface area (Å²) in [5.41, 5.74) is 0. The van der Waals surface area contributed by atoms with Gasteiger partial charge in [0.25, 0.3) is 0 Å². The van der Waals surface area contributed by atoms with E-state index in [1.54, 1.807) is 11.3 Å². The molecular formula is C12H17NOS. The lowest BCUT2D eigenvalue weighted by atomic mass is 10.2. The number of amides is 1. The van der Waals surface area contributed by atoms with Gasteiger partial charge in [-0.2, -0.15) is 0 Å². The zero-order chi connectivity index (χ0) is 10.5. The lowest BCUT2D eigenvalue weighted by Gasteiger charge is -2.02. The van der Waals surface area contributed by atoms with Crippen molar-refractivity contribution < 1.29 is 4.79 Å². The monoisotopic (exact) mass is 223 g/mol. The number of aryl methyl sites for hydroxylation is 1. The first-order valence-corrected chi connectivity index (χ1v) is 6.51. The number of rotatable bonds is 6. The molecule has 2 nitrogen and oxygen atoms in total. The molecule has 0 spiro atoms. The Bertz CT molecular complexity index is 303. The lowest BCUT2D eigenvalue weighted by molar-refractivity contribution is -0.121. The van der Waals surface area contributed by atoms with Crippen LogP contribution in [0.3, 0.4) is 0 Å². The zero-order valence-electron chi connectivity index (χ0n) is 8.87. The van der Waals surface area contributed by atoms with Crippen molar-refractivity contribution in [2.45, 2.75) is 32.1 Å². The average Bonchev–Trinajstić information content (AvgIpc) is 2.92. The standard InChI is InChI=1S/C12H17NOS/c14-12(13-9-10-6-7-10)5-1-3-11-4-2-8-15-11/h2,4,8,10H,1,3,5-7,9H2,(H,13,14). The average molecular weight is 223 g/mol. The molecule has 1 aliphatic carbocycles. The summed E-state index contributed by atoms with van der Waals surface area (Å²) in [5.74, 6) is 1.00. The van der Waals surface area contributed by atoms with Crippen LogP contribution in [0.15, 0.2) is 17.5 Å². The van der Waals surface area contributed by atoms with Gasteiger partial charge in [-0.1, -0.05) is 6.07 Å². The third-order valence-corrected chi connectivity index (χ3v) is 3.63. The maximum atomic E-state index is 11.4. The van der Waals surface area contributed by atoms with E-state index in [4.69, 9.17) is 0 Å². The van der Waals surface area contributed by atoms with E-state index in [0.29, 0.717) is 6.42 Å². The van der Waals surface area contributed by atoms with Gasteiger partial charge in [0, 0.05) is 17.8 Å². The van der Waals surface area contributed by atoms with Gasteiger partial charge in [0.2, 0.25) is 5.91 Å². The summed E-state index contributed by atoms with van der Waals surface area (Å²) < 4.78 is 0. The van der Waals surface area contributed by atoms with Gasteiger partial charge >= 0.3 is 0 Å². The Kier molecular flexibility index (Phi) is 3.78.